The van der Waals surface area contributed by atoms with Crippen LogP contribution in [0.4, 0.5) is 0 Å². The fourth-order valence-corrected chi connectivity index (χ4v) is 0.885. The van der Waals surface area contributed by atoms with Gasteiger partial charge in [-0.05, 0) is 27.7 Å². The van der Waals surface area contributed by atoms with E-state index in [1.54, 1.807) is 0 Å². The maximum Gasteiger partial charge on any atom is 0.175 e. The maximum absolute atomic E-state index is 2.27. The van der Waals surface area contributed by atoms with E-state index in [2.05, 4.69) is 46.2 Å². The van der Waals surface area contributed by atoms with Gasteiger partial charge in [0.2, 0.25) is 0 Å². The van der Waals surface area contributed by atoms with Gasteiger partial charge in [-0.25, -0.2) is 4.58 Å². The quantitative estimate of drug-likeness (QED) is 0.424. The fraction of sp³-hybridized carbons (Fsp3) is 0.700. The highest BCUT2D eigenvalue weighted by molar-refractivity contribution is 5.94. The summed E-state index contributed by atoms with van der Waals surface area (Å²) in [6, 6.07) is 0. The van der Waals surface area contributed by atoms with Crippen molar-refractivity contribution in [3.05, 3.63) is 11.1 Å². The van der Waals surface area contributed by atoms with Gasteiger partial charge in [0, 0.05) is 12.5 Å². The Morgan fingerprint density at radius 1 is 1.09 bits per heavy atom. The van der Waals surface area contributed by atoms with Gasteiger partial charge < -0.3 is 0 Å². The Bertz CT molecular complexity index is 193. The van der Waals surface area contributed by atoms with Crippen LogP contribution in [-0.4, -0.2) is 23.9 Å². The summed E-state index contributed by atoms with van der Waals surface area (Å²) in [5.74, 6) is 0. The van der Waals surface area contributed by atoms with Crippen molar-refractivity contribution in [2.24, 2.45) is 0 Å². The standard InChI is InChI=1S/C10H20N/c1-7-11(6)10(5)9(4)8(2)3/h7H2,1-6H3/q+1. The molecule has 0 radical (unpaired) electrons. The highest BCUT2D eigenvalue weighted by Gasteiger charge is 2.05. The van der Waals surface area contributed by atoms with Gasteiger partial charge in [-0.3, -0.25) is 0 Å². The van der Waals surface area contributed by atoms with E-state index in [4.69, 9.17) is 0 Å². The first-order valence-electron chi connectivity index (χ1n) is 4.19. The van der Waals surface area contributed by atoms with Gasteiger partial charge in [0.05, 0.1) is 0 Å². The monoisotopic (exact) mass is 154 g/mol. The predicted octanol–water partition coefficient (Wildman–Crippen LogP) is 2.47. The average Bonchev–Trinajstić information content (AvgIpc) is 2.00. The summed E-state index contributed by atoms with van der Waals surface area (Å²) in [7, 11) is 2.13. The van der Waals surface area contributed by atoms with Crippen LogP contribution in [0.1, 0.15) is 34.6 Å². The SMILES string of the molecule is CC[N+](C)=C(C)C(C)=C(C)C. The molecule has 1 nitrogen and oxygen atoms in total. The van der Waals surface area contributed by atoms with E-state index in [-0.39, 0.29) is 0 Å². The smallest absolute Gasteiger partial charge is 0.175 e. The number of hydrogen-bond acceptors (Lipinski definition) is 0. The molecule has 0 fully saturated rings. The third kappa shape index (κ3) is 2.87. The van der Waals surface area contributed by atoms with E-state index >= 15 is 0 Å². The van der Waals surface area contributed by atoms with Crippen molar-refractivity contribution in [1.82, 2.24) is 0 Å². The Hall–Kier alpha value is -0.590. The molecule has 0 aromatic heterocycles. The van der Waals surface area contributed by atoms with Gasteiger partial charge >= 0.3 is 0 Å². The lowest BCUT2D eigenvalue weighted by atomic mass is 10.1. The summed E-state index contributed by atoms with van der Waals surface area (Å²) < 4.78 is 2.27. The van der Waals surface area contributed by atoms with Crippen molar-refractivity contribution in [3.63, 3.8) is 0 Å². The first-order chi connectivity index (χ1) is 5.00. The minimum absolute atomic E-state index is 1.08. The molecule has 0 heterocycles. The summed E-state index contributed by atoms with van der Waals surface area (Å²) in [5.41, 5.74) is 4.20. The normalized spacial score (nSPS) is 12.5. The van der Waals surface area contributed by atoms with Gasteiger partial charge in [0.1, 0.15) is 13.6 Å². The Morgan fingerprint density at radius 3 is 1.82 bits per heavy atom. The first kappa shape index (κ1) is 10.4. The lowest BCUT2D eigenvalue weighted by Gasteiger charge is -2.02. The molecule has 0 spiro atoms. The number of hydrogen-bond donors (Lipinski definition) is 0. The molecule has 0 bridgehead atoms. The summed E-state index contributed by atoms with van der Waals surface area (Å²) in [6.45, 7) is 11.9. The van der Waals surface area contributed by atoms with Crippen LogP contribution in [0.25, 0.3) is 0 Å². The van der Waals surface area contributed by atoms with E-state index in [1.165, 1.54) is 16.9 Å². The zero-order chi connectivity index (χ0) is 9.02. The van der Waals surface area contributed by atoms with E-state index in [1.807, 2.05) is 0 Å². The van der Waals surface area contributed by atoms with Crippen molar-refractivity contribution >= 4 is 5.71 Å². The lowest BCUT2D eigenvalue weighted by Crippen LogP contribution is -2.15. The second-order valence-electron chi connectivity index (χ2n) is 3.22. The van der Waals surface area contributed by atoms with Crippen LogP contribution in [0, 0.1) is 0 Å². The molecule has 0 aromatic rings. The third-order valence-electron chi connectivity index (χ3n) is 2.34. The molecule has 0 unspecified atom stereocenters. The zero-order valence-corrected chi connectivity index (χ0v) is 8.65. The van der Waals surface area contributed by atoms with Crippen molar-refractivity contribution in [2.45, 2.75) is 34.6 Å². The minimum Gasteiger partial charge on any atom is -0.236 e. The van der Waals surface area contributed by atoms with Crippen LogP contribution in [0.3, 0.4) is 0 Å². The number of allylic oxidation sites excluding steroid dienone is 2. The second kappa shape index (κ2) is 4.32. The molecule has 0 aromatic carbocycles. The summed E-state index contributed by atoms with van der Waals surface area (Å²) in [4.78, 5) is 0. The third-order valence-corrected chi connectivity index (χ3v) is 2.34. The van der Waals surface area contributed by atoms with Crippen LogP contribution in [0.15, 0.2) is 11.1 Å². The van der Waals surface area contributed by atoms with Crippen LogP contribution >= 0.6 is 0 Å². The second-order valence-corrected chi connectivity index (χ2v) is 3.22. The Morgan fingerprint density at radius 2 is 1.55 bits per heavy atom. The van der Waals surface area contributed by atoms with Crippen molar-refractivity contribution in [2.75, 3.05) is 13.6 Å². The van der Waals surface area contributed by atoms with Crippen molar-refractivity contribution < 1.29 is 4.58 Å². The van der Waals surface area contributed by atoms with Crippen LogP contribution in [-0.2, 0) is 0 Å². The molecule has 0 rings (SSSR count). The molecular weight excluding hydrogens is 134 g/mol. The Kier molecular flexibility index (Phi) is 4.09. The molecule has 0 aliphatic heterocycles. The van der Waals surface area contributed by atoms with E-state index in [9.17, 15) is 0 Å². The van der Waals surface area contributed by atoms with Gasteiger partial charge in [-0.1, -0.05) is 5.57 Å². The highest BCUT2D eigenvalue weighted by Crippen LogP contribution is 2.03. The predicted molar refractivity (Wildman–Crippen MR) is 51.5 cm³/mol. The van der Waals surface area contributed by atoms with Gasteiger partial charge in [-0.15, -0.1) is 0 Å². The average molecular weight is 154 g/mol. The minimum atomic E-state index is 1.08. The summed E-state index contributed by atoms with van der Waals surface area (Å²) >= 11 is 0. The highest BCUT2D eigenvalue weighted by atomic mass is 15.0. The number of nitrogens with zero attached hydrogens (tertiary/aromatic N) is 1. The molecule has 11 heavy (non-hydrogen) atoms. The van der Waals surface area contributed by atoms with Gasteiger partial charge in [-0.2, -0.15) is 0 Å². The van der Waals surface area contributed by atoms with E-state index in [0.29, 0.717) is 0 Å². The molecule has 0 amide bonds. The Labute approximate surface area is 70.4 Å². The van der Waals surface area contributed by atoms with E-state index < -0.39 is 0 Å². The molecule has 0 aliphatic rings. The lowest BCUT2D eigenvalue weighted by molar-refractivity contribution is -0.493. The summed E-state index contributed by atoms with van der Waals surface area (Å²) in [6.07, 6.45) is 0. The van der Waals surface area contributed by atoms with Gasteiger partial charge in [0.15, 0.2) is 5.71 Å². The van der Waals surface area contributed by atoms with Crippen LogP contribution in [0.5, 0.6) is 0 Å². The molecule has 1 heteroatoms. The molecule has 0 saturated carbocycles. The maximum atomic E-state index is 2.27. The molecule has 0 N–H and O–H groups in total. The van der Waals surface area contributed by atoms with Gasteiger partial charge in [0.25, 0.3) is 0 Å². The molecule has 0 saturated heterocycles. The molecule has 0 aliphatic carbocycles. The first-order valence-corrected chi connectivity index (χ1v) is 4.19. The Balaban J connectivity index is 4.75. The number of rotatable bonds is 2. The van der Waals surface area contributed by atoms with E-state index in [0.717, 1.165) is 6.54 Å². The summed E-state index contributed by atoms with van der Waals surface area (Å²) in [5, 5.41) is 0. The van der Waals surface area contributed by atoms with Crippen LogP contribution < -0.4 is 0 Å². The molecule has 64 valence electrons. The fourth-order valence-electron chi connectivity index (χ4n) is 0.885. The molecular formula is C10H20N+. The van der Waals surface area contributed by atoms with Crippen molar-refractivity contribution in [3.8, 4) is 0 Å². The molecule has 0 atom stereocenters. The topological polar surface area (TPSA) is 3.01 Å². The van der Waals surface area contributed by atoms with Crippen molar-refractivity contribution in [1.29, 1.82) is 0 Å². The largest absolute Gasteiger partial charge is 0.236 e. The van der Waals surface area contributed by atoms with Crippen LogP contribution in [0.2, 0.25) is 0 Å². The zero-order valence-electron chi connectivity index (χ0n) is 8.65.